The number of amides is 1. The SMILES string of the molecule is CNCCCN(C)CC(=O)N(C)Cc1cccs1. The van der Waals surface area contributed by atoms with Crippen molar-refractivity contribution in [3.63, 3.8) is 0 Å². The van der Waals surface area contributed by atoms with Gasteiger partial charge < -0.3 is 10.2 Å². The largest absolute Gasteiger partial charge is 0.340 e. The van der Waals surface area contributed by atoms with Gasteiger partial charge in [-0.05, 0) is 45.1 Å². The van der Waals surface area contributed by atoms with Crippen molar-refractivity contribution in [2.75, 3.05) is 40.8 Å². The summed E-state index contributed by atoms with van der Waals surface area (Å²) in [5, 5.41) is 5.15. The lowest BCUT2D eigenvalue weighted by atomic mass is 10.3. The van der Waals surface area contributed by atoms with E-state index in [2.05, 4.69) is 16.3 Å². The Bertz CT molecular complexity index is 340. The lowest BCUT2D eigenvalue weighted by Crippen LogP contribution is -2.37. The second-order valence-corrected chi connectivity index (χ2v) is 5.56. The van der Waals surface area contributed by atoms with Gasteiger partial charge >= 0.3 is 0 Å². The summed E-state index contributed by atoms with van der Waals surface area (Å²) in [7, 11) is 5.80. The maximum Gasteiger partial charge on any atom is 0.236 e. The van der Waals surface area contributed by atoms with Crippen LogP contribution < -0.4 is 5.32 Å². The Kier molecular flexibility index (Phi) is 6.93. The molecule has 0 aliphatic heterocycles. The predicted molar refractivity (Wildman–Crippen MR) is 76.8 cm³/mol. The lowest BCUT2D eigenvalue weighted by molar-refractivity contribution is -0.131. The molecule has 0 bridgehead atoms. The van der Waals surface area contributed by atoms with Crippen molar-refractivity contribution in [3.05, 3.63) is 22.4 Å². The average Bonchev–Trinajstić information content (AvgIpc) is 2.82. The smallest absolute Gasteiger partial charge is 0.236 e. The van der Waals surface area contributed by atoms with E-state index in [9.17, 15) is 4.79 Å². The van der Waals surface area contributed by atoms with Gasteiger partial charge in [-0.25, -0.2) is 0 Å². The van der Waals surface area contributed by atoms with Gasteiger partial charge in [0.15, 0.2) is 0 Å². The standard InChI is InChI=1S/C13H23N3OS/c1-14-7-5-8-15(2)11-13(17)16(3)10-12-6-4-9-18-12/h4,6,9,14H,5,7-8,10-11H2,1-3H3. The van der Waals surface area contributed by atoms with E-state index in [1.807, 2.05) is 32.6 Å². The molecule has 1 N–H and O–H groups in total. The molecule has 0 atom stereocenters. The third kappa shape index (κ3) is 5.62. The molecule has 1 heterocycles. The van der Waals surface area contributed by atoms with Crippen molar-refractivity contribution >= 4 is 17.2 Å². The average molecular weight is 269 g/mol. The van der Waals surface area contributed by atoms with Crippen LogP contribution in [0.2, 0.25) is 0 Å². The number of nitrogens with one attached hydrogen (secondary N) is 1. The van der Waals surface area contributed by atoms with Crippen LogP contribution in [0.15, 0.2) is 17.5 Å². The fraction of sp³-hybridized carbons (Fsp3) is 0.615. The molecule has 0 aliphatic carbocycles. The Morgan fingerprint density at radius 3 is 2.83 bits per heavy atom. The monoisotopic (exact) mass is 269 g/mol. The van der Waals surface area contributed by atoms with Crippen LogP contribution in [0.25, 0.3) is 0 Å². The van der Waals surface area contributed by atoms with Gasteiger partial charge in [0.2, 0.25) is 5.91 Å². The van der Waals surface area contributed by atoms with Gasteiger partial charge in [-0.1, -0.05) is 6.07 Å². The lowest BCUT2D eigenvalue weighted by Gasteiger charge is -2.21. The molecule has 1 aromatic heterocycles. The number of nitrogens with zero attached hydrogens (tertiary/aromatic N) is 2. The highest BCUT2D eigenvalue weighted by molar-refractivity contribution is 7.09. The van der Waals surface area contributed by atoms with Gasteiger partial charge in [-0.2, -0.15) is 0 Å². The van der Waals surface area contributed by atoms with E-state index in [0.29, 0.717) is 13.1 Å². The molecule has 102 valence electrons. The number of carbonyl (C=O) groups is 1. The Morgan fingerprint density at radius 1 is 1.44 bits per heavy atom. The Labute approximate surface area is 114 Å². The summed E-state index contributed by atoms with van der Waals surface area (Å²) in [6.07, 6.45) is 1.06. The third-order valence-corrected chi connectivity index (χ3v) is 3.63. The Balaban J connectivity index is 2.26. The number of rotatable bonds is 8. The summed E-state index contributed by atoms with van der Waals surface area (Å²) >= 11 is 1.69. The first-order chi connectivity index (χ1) is 8.63. The number of likely N-dealkylation sites (N-methyl/N-ethyl adjacent to an activating group) is 2. The van der Waals surface area contributed by atoms with Crippen molar-refractivity contribution in [2.45, 2.75) is 13.0 Å². The number of thiophene rings is 1. The van der Waals surface area contributed by atoms with Crippen molar-refractivity contribution < 1.29 is 4.79 Å². The number of hydrogen-bond acceptors (Lipinski definition) is 4. The summed E-state index contributed by atoms with van der Waals surface area (Å²) in [6.45, 7) is 3.13. The maximum atomic E-state index is 12.0. The van der Waals surface area contributed by atoms with Gasteiger partial charge in [0, 0.05) is 11.9 Å². The van der Waals surface area contributed by atoms with Gasteiger partial charge in [0.25, 0.3) is 0 Å². The van der Waals surface area contributed by atoms with Crippen LogP contribution in [0.5, 0.6) is 0 Å². The van der Waals surface area contributed by atoms with E-state index < -0.39 is 0 Å². The van der Waals surface area contributed by atoms with Crippen molar-refractivity contribution in [1.29, 1.82) is 0 Å². The minimum Gasteiger partial charge on any atom is -0.340 e. The first kappa shape index (κ1) is 15.1. The quantitative estimate of drug-likeness (QED) is 0.722. The summed E-state index contributed by atoms with van der Waals surface area (Å²) in [5.41, 5.74) is 0. The third-order valence-electron chi connectivity index (χ3n) is 2.77. The highest BCUT2D eigenvalue weighted by atomic mass is 32.1. The minimum atomic E-state index is 0.176. The highest BCUT2D eigenvalue weighted by Crippen LogP contribution is 2.10. The van der Waals surface area contributed by atoms with Gasteiger partial charge in [-0.15, -0.1) is 11.3 Å². The van der Waals surface area contributed by atoms with Crippen LogP contribution in [0.3, 0.4) is 0 Å². The molecule has 1 amide bonds. The van der Waals surface area contributed by atoms with Crippen molar-refractivity contribution in [1.82, 2.24) is 15.1 Å². The molecule has 0 aliphatic rings. The maximum absolute atomic E-state index is 12.0. The molecule has 1 rings (SSSR count). The van der Waals surface area contributed by atoms with E-state index in [1.54, 1.807) is 16.2 Å². The molecule has 0 fully saturated rings. The normalized spacial score (nSPS) is 10.9. The highest BCUT2D eigenvalue weighted by Gasteiger charge is 2.12. The molecule has 5 heteroatoms. The molecule has 0 spiro atoms. The van der Waals surface area contributed by atoms with Crippen LogP contribution >= 0.6 is 11.3 Å². The van der Waals surface area contributed by atoms with Crippen LogP contribution in [0.4, 0.5) is 0 Å². The van der Waals surface area contributed by atoms with E-state index in [-0.39, 0.29) is 5.91 Å². The molecule has 1 aromatic rings. The predicted octanol–water partition coefficient (Wildman–Crippen LogP) is 1.25. The molecule has 0 aromatic carbocycles. The summed E-state index contributed by atoms with van der Waals surface area (Å²) in [5.74, 6) is 0.176. The molecule has 4 nitrogen and oxygen atoms in total. The van der Waals surface area contributed by atoms with E-state index >= 15 is 0 Å². The zero-order valence-electron chi connectivity index (χ0n) is 11.5. The Hall–Kier alpha value is -0.910. The molecule has 0 saturated carbocycles. The molecular weight excluding hydrogens is 246 g/mol. The first-order valence-corrected chi connectivity index (χ1v) is 7.11. The second-order valence-electron chi connectivity index (χ2n) is 4.52. The molecule has 0 unspecified atom stereocenters. The van der Waals surface area contributed by atoms with Gasteiger partial charge in [-0.3, -0.25) is 9.69 Å². The van der Waals surface area contributed by atoms with E-state index in [1.165, 1.54) is 4.88 Å². The summed E-state index contributed by atoms with van der Waals surface area (Å²) < 4.78 is 0. The topological polar surface area (TPSA) is 35.6 Å². The van der Waals surface area contributed by atoms with Crippen molar-refractivity contribution in [3.8, 4) is 0 Å². The summed E-state index contributed by atoms with van der Waals surface area (Å²) in [6, 6.07) is 4.08. The van der Waals surface area contributed by atoms with E-state index in [0.717, 1.165) is 19.5 Å². The number of carbonyl (C=O) groups excluding carboxylic acids is 1. The molecular formula is C13H23N3OS. The van der Waals surface area contributed by atoms with Crippen LogP contribution in [-0.2, 0) is 11.3 Å². The van der Waals surface area contributed by atoms with Crippen LogP contribution in [-0.4, -0.2) is 56.5 Å². The fourth-order valence-corrected chi connectivity index (χ4v) is 2.44. The Morgan fingerprint density at radius 2 is 2.22 bits per heavy atom. The van der Waals surface area contributed by atoms with Crippen LogP contribution in [0.1, 0.15) is 11.3 Å². The van der Waals surface area contributed by atoms with E-state index in [4.69, 9.17) is 0 Å². The molecule has 0 saturated heterocycles. The van der Waals surface area contributed by atoms with Crippen LogP contribution in [0, 0.1) is 0 Å². The first-order valence-electron chi connectivity index (χ1n) is 6.23. The zero-order chi connectivity index (χ0) is 13.4. The second kappa shape index (κ2) is 8.24. The van der Waals surface area contributed by atoms with Gasteiger partial charge in [0.05, 0.1) is 13.1 Å². The zero-order valence-corrected chi connectivity index (χ0v) is 12.3. The number of hydrogen-bond donors (Lipinski definition) is 1. The minimum absolute atomic E-state index is 0.176. The molecule has 0 radical (unpaired) electrons. The summed E-state index contributed by atoms with van der Waals surface area (Å²) in [4.78, 5) is 17.1. The fourth-order valence-electron chi connectivity index (χ4n) is 1.68. The van der Waals surface area contributed by atoms with Crippen molar-refractivity contribution in [2.24, 2.45) is 0 Å². The molecule has 18 heavy (non-hydrogen) atoms. The van der Waals surface area contributed by atoms with Gasteiger partial charge in [0.1, 0.15) is 0 Å².